The van der Waals surface area contributed by atoms with Crippen LogP contribution in [-0.2, 0) is 13.6 Å². The van der Waals surface area contributed by atoms with Crippen molar-refractivity contribution < 1.29 is 5.11 Å². The van der Waals surface area contributed by atoms with Crippen molar-refractivity contribution in [2.45, 2.75) is 20.4 Å². The minimum Gasteiger partial charge on any atom is -0.507 e. The van der Waals surface area contributed by atoms with Gasteiger partial charge in [-0.15, -0.1) is 0 Å². The molecule has 0 bridgehead atoms. The summed E-state index contributed by atoms with van der Waals surface area (Å²) in [4.78, 5) is 0. The van der Waals surface area contributed by atoms with E-state index in [0.29, 0.717) is 17.9 Å². The van der Waals surface area contributed by atoms with E-state index in [-0.39, 0.29) is 0 Å². The van der Waals surface area contributed by atoms with Gasteiger partial charge in [0.1, 0.15) is 5.75 Å². The van der Waals surface area contributed by atoms with Gasteiger partial charge in [0.2, 0.25) is 5.62 Å². The number of aromatic nitrogens is 2. The van der Waals surface area contributed by atoms with Crippen molar-refractivity contribution in [1.29, 1.82) is 5.41 Å². The van der Waals surface area contributed by atoms with Crippen LogP contribution in [0, 0.1) is 19.3 Å². The molecule has 1 aromatic heterocycles. The fourth-order valence-corrected chi connectivity index (χ4v) is 2.99. The molecule has 2 aromatic carbocycles. The van der Waals surface area contributed by atoms with Gasteiger partial charge in [-0.2, -0.15) is 0 Å². The summed E-state index contributed by atoms with van der Waals surface area (Å²) in [7, 11) is 1.90. The SMILES string of the molecule is C=C(Cn1c(=N)n(C)c2ccccc21)c1cc(C)c(O)c(C)c1. The average Bonchev–Trinajstić information content (AvgIpc) is 2.77. The highest BCUT2D eigenvalue weighted by Gasteiger charge is 2.11. The summed E-state index contributed by atoms with van der Waals surface area (Å²) in [5.74, 6) is 0.334. The van der Waals surface area contributed by atoms with Crippen LogP contribution in [0.2, 0.25) is 0 Å². The Morgan fingerprint density at radius 3 is 2.30 bits per heavy atom. The van der Waals surface area contributed by atoms with Crippen LogP contribution in [0.25, 0.3) is 16.6 Å². The minimum absolute atomic E-state index is 0.334. The van der Waals surface area contributed by atoms with E-state index >= 15 is 0 Å². The third-order valence-electron chi connectivity index (χ3n) is 4.36. The van der Waals surface area contributed by atoms with Crippen LogP contribution in [0.1, 0.15) is 16.7 Å². The quantitative estimate of drug-likeness (QED) is 0.764. The lowest BCUT2D eigenvalue weighted by Crippen LogP contribution is -2.23. The fraction of sp³-hybridized carbons (Fsp3) is 0.211. The molecule has 23 heavy (non-hydrogen) atoms. The summed E-state index contributed by atoms with van der Waals surface area (Å²) in [6, 6.07) is 11.9. The number of hydrogen-bond donors (Lipinski definition) is 2. The minimum atomic E-state index is 0.334. The van der Waals surface area contributed by atoms with Crippen molar-refractivity contribution in [3.63, 3.8) is 0 Å². The van der Waals surface area contributed by atoms with Crippen molar-refractivity contribution in [3.05, 3.63) is 65.3 Å². The van der Waals surface area contributed by atoms with Crippen molar-refractivity contribution in [3.8, 4) is 5.75 Å². The van der Waals surface area contributed by atoms with Gasteiger partial charge in [0.05, 0.1) is 17.6 Å². The molecule has 3 rings (SSSR count). The summed E-state index contributed by atoms with van der Waals surface area (Å²) >= 11 is 0. The average molecular weight is 307 g/mol. The Labute approximate surface area is 135 Å². The molecular formula is C19H21N3O. The number of phenolic OH excluding ortho intramolecular Hbond substituents is 1. The molecule has 0 amide bonds. The number of benzene rings is 2. The molecule has 0 spiro atoms. The first-order chi connectivity index (χ1) is 10.9. The molecule has 0 unspecified atom stereocenters. The van der Waals surface area contributed by atoms with Crippen LogP contribution in [0.3, 0.4) is 0 Å². The standard InChI is InChI=1S/C19H21N3O/c1-12-9-15(10-13(2)18(12)23)14(3)11-22-17-8-6-5-7-16(17)21(4)19(22)20/h5-10,20,23H,3,11H2,1-2,4H3. The van der Waals surface area contributed by atoms with Crippen LogP contribution < -0.4 is 5.62 Å². The van der Waals surface area contributed by atoms with Gasteiger partial charge in [0.25, 0.3) is 0 Å². The van der Waals surface area contributed by atoms with Crippen LogP contribution in [0.4, 0.5) is 0 Å². The zero-order chi connectivity index (χ0) is 16.7. The van der Waals surface area contributed by atoms with Gasteiger partial charge in [0.15, 0.2) is 0 Å². The van der Waals surface area contributed by atoms with E-state index < -0.39 is 0 Å². The van der Waals surface area contributed by atoms with Gasteiger partial charge in [-0.25, -0.2) is 0 Å². The van der Waals surface area contributed by atoms with Crippen molar-refractivity contribution in [2.24, 2.45) is 7.05 Å². The third-order valence-corrected chi connectivity index (χ3v) is 4.36. The predicted octanol–water partition coefficient (Wildman–Crippen LogP) is 3.50. The van der Waals surface area contributed by atoms with E-state index in [1.165, 1.54) is 0 Å². The second kappa shape index (κ2) is 5.47. The Morgan fingerprint density at radius 1 is 1.13 bits per heavy atom. The molecule has 0 atom stereocenters. The number of nitrogens with one attached hydrogen (secondary N) is 1. The summed E-state index contributed by atoms with van der Waals surface area (Å²) in [5, 5.41) is 18.3. The fourth-order valence-electron chi connectivity index (χ4n) is 2.99. The van der Waals surface area contributed by atoms with Crippen molar-refractivity contribution in [1.82, 2.24) is 9.13 Å². The number of para-hydroxylation sites is 2. The van der Waals surface area contributed by atoms with E-state index in [1.54, 1.807) is 0 Å². The van der Waals surface area contributed by atoms with E-state index in [4.69, 9.17) is 5.41 Å². The summed E-state index contributed by atoms with van der Waals surface area (Å²) in [6.07, 6.45) is 0. The monoisotopic (exact) mass is 307 g/mol. The van der Waals surface area contributed by atoms with Crippen molar-refractivity contribution in [2.75, 3.05) is 0 Å². The molecular weight excluding hydrogens is 286 g/mol. The topological polar surface area (TPSA) is 53.9 Å². The number of hydrogen-bond acceptors (Lipinski definition) is 2. The first-order valence-corrected chi connectivity index (χ1v) is 7.57. The number of fused-ring (bicyclic) bond motifs is 1. The second-order valence-corrected chi connectivity index (χ2v) is 6.02. The highest BCUT2D eigenvalue weighted by atomic mass is 16.3. The molecule has 2 N–H and O–H groups in total. The molecule has 118 valence electrons. The predicted molar refractivity (Wildman–Crippen MR) is 93.4 cm³/mol. The van der Waals surface area contributed by atoms with Gasteiger partial charge in [-0.1, -0.05) is 18.7 Å². The molecule has 0 saturated heterocycles. The molecule has 3 aromatic rings. The first-order valence-electron chi connectivity index (χ1n) is 7.57. The molecule has 0 radical (unpaired) electrons. The Kier molecular flexibility index (Phi) is 3.60. The third kappa shape index (κ3) is 2.46. The second-order valence-electron chi connectivity index (χ2n) is 6.02. The highest BCUT2D eigenvalue weighted by Crippen LogP contribution is 2.27. The van der Waals surface area contributed by atoms with Crippen LogP contribution >= 0.6 is 0 Å². The number of nitrogens with zero attached hydrogens (tertiary/aromatic N) is 2. The molecule has 0 aliphatic carbocycles. The first kappa shape index (κ1) is 15.2. The van der Waals surface area contributed by atoms with Gasteiger partial charge in [0, 0.05) is 7.05 Å². The number of phenols is 1. The summed E-state index contributed by atoms with van der Waals surface area (Å²) < 4.78 is 3.82. The maximum absolute atomic E-state index is 9.92. The maximum Gasteiger partial charge on any atom is 0.203 e. The Morgan fingerprint density at radius 2 is 1.70 bits per heavy atom. The number of allylic oxidation sites excluding steroid dienone is 1. The summed E-state index contributed by atoms with van der Waals surface area (Å²) in [6.45, 7) is 8.52. The van der Waals surface area contributed by atoms with E-state index in [2.05, 4.69) is 6.58 Å². The largest absolute Gasteiger partial charge is 0.507 e. The lowest BCUT2D eigenvalue weighted by Gasteiger charge is -2.12. The molecule has 0 aliphatic rings. The molecule has 4 nitrogen and oxygen atoms in total. The van der Waals surface area contributed by atoms with E-state index in [9.17, 15) is 5.11 Å². The lowest BCUT2D eigenvalue weighted by atomic mass is 10.0. The van der Waals surface area contributed by atoms with Gasteiger partial charge >= 0.3 is 0 Å². The molecule has 0 aliphatic heterocycles. The number of rotatable bonds is 3. The number of aryl methyl sites for hydroxylation is 3. The lowest BCUT2D eigenvalue weighted by molar-refractivity contribution is 0.467. The zero-order valence-electron chi connectivity index (χ0n) is 13.7. The molecule has 0 saturated carbocycles. The van der Waals surface area contributed by atoms with Crippen LogP contribution in [0.5, 0.6) is 5.75 Å². The van der Waals surface area contributed by atoms with Gasteiger partial charge in [-0.05, 0) is 60.4 Å². The summed E-state index contributed by atoms with van der Waals surface area (Å²) in [5.41, 5.74) is 6.10. The normalized spacial score (nSPS) is 11.1. The number of imidazole rings is 1. The van der Waals surface area contributed by atoms with E-state index in [0.717, 1.165) is 33.3 Å². The molecule has 1 heterocycles. The van der Waals surface area contributed by atoms with Gasteiger partial charge in [-0.3, -0.25) is 5.41 Å². The number of aromatic hydroxyl groups is 1. The Bertz CT molecular complexity index is 953. The van der Waals surface area contributed by atoms with E-state index in [1.807, 2.05) is 66.4 Å². The van der Waals surface area contributed by atoms with Gasteiger partial charge < -0.3 is 14.2 Å². The highest BCUT2D eigenvalue weighted by molar-refractivity contribution is 5.77. The Hall–Kier alpha value is -2.75. The molecule has 4 heteroatoms. The van der Waals surface area contributed by atoms with Crippen LogP contribution in [-0.4, -0.2) is 14.2 Å². The Balaban J connectivity index is 2.05. The molecule has 0 fully saturated rings. The van der Waals surface area contributed by atoms with Crippen molar-refractivity contribution >= 4 is 16.6 Å². The maximum atomic E-state index is 9.92. The smallest absolute Gasteiger partial charge is 0.203 e. The van der Waals surface area contributed by atoms with Crippen LogP contribution in [0.15, 0.2) is 43.0 Å². The zero-order valence-corrected chi connectivity index (χ0v) is 13.7.